The Morgan fingerprint density at radius 1 is 0.886 bits per heavy atom. The molecule has 3 aromatic carbocycles. The highest BCUT2D eigenvalue weighted by Crippen LogP contribution is 2.46. The molecule has 0 saturated heterocycles. The Bertz CT molecular complexity index is 2180. The topological polar surface area (TPSA) is 229 Å². The van der Waals surface area contributed by atoms with Crippen molar-refractivity contribution in [3.63, 3.8) is 0 Å². The van der Waals surface area contributed by atoms with Gasteiger partial charge in [0.05, 0.1) is 30.8 Å². The molecule has 5 aromatic rings. The molecule has 0 amide bonds. The van der Waals surface area contributed by atoms with Gasteiger partial charge in [0.1, 0.15) is 10.6 Å². The quantitative estimate of drug-likeness (QED) is 0.0783. The molecule has 0 saturated carbocycles. The van der Waals surface area contributed by atoms with Gasteiger partial charge in [-0.25, -0.2) is 4.98 Å². The number of rotatable bonds is 9. The lowest BCUT2D eigenvalue weighted by molar-refractivity contribution is 0.472. The Labute approximate surface area is 267 Å². The van der Waals surface area contributed by atoms with E-state index in [4.69, 9.17) is 34.8 Å². The maximum atomic E-state index is 12.4. The van der Waals surface area contributed by atoms with E-state index in [1.54, 1.807) is 6.07 Å². The summed E-state index contributed by atoms with van der Waals surface area (Å²) >= 11 is 19.1. The minimum absolute atomic E-state index is 0.0196. The summed E-state index contributed by atoms with van der Waals surface area (Å²) < 4.78 is 69.2. The molecule has 21 heteroatoms. The van der Waals surface area contributed by atoms with E-state index in [0.717, 1.165) is 36.0 Å². The summed E-state index contributed by atoms with van der Waals surface area (Å²) in [6.07, 6.45) is 0.729. The van der Waals surface area contributed by atoms with Gasteiger partial charge in [-0.1, -0.05) is 41.5 Å². The molecule has 230 valence electrons. The maximum absolute atomic E-state index is 12.4. The lowest BCUT2D eigenvalue weighted by Crippen LogP contribution is -2.08. The van der Waals surface area contributed by atoms with Gasteiger partial charge in [-0.3, -0.25) is 9.11 Å². The average molecular weight is 720 g/mol. The Balaban J connectivity index is 1.72. The van der Waals surface area contributed by atoms with Crippen LogP contribution in [-0.2, 0) is 20.2 Å². The van der Waals surface area contributed by atoms with Gasteiger partial charge in [0.2, 0.25) is 22.3 Å². The summed E-state index contributed by atoms with van der Waals surface area (Å²) in [6.45, 7) is 2.39. The van der Waals surface area contributed by atoms with Crippen LogP contribution in [0.3, 0.4) is 0 Å². The molecule has 5 N–H and O–H groups in total. The first-order valence-electron chi connectivity index (χ1n) is 12.0. The van der Waals surface area contributed by atoms with E-state index in [1.165, 1.54) is 6.07 Å². The molecule has 2 heterocycles. The molecule has 0 spiro atoms. The first-order valence-corrected chi connectivity index (χ1v) is 16.9. The van der Waals surface area contributed by atoms with Crippen molar-refractivity contribution in [3.05, 3.63) is 45.7 Å². The molecule has 0 radical (unpaired) electrons. The van der Waals surface area contributed by atoms with E-state index in [9.17, 15) is 31.0 Å². The number of anilines is 3. The fourth-order valence-electron chi connectivity index (χ4n) is 3.89. The standard InChI is InChI=1S/C23H17Cl3N8O7S3/c1-2-3-27-21-30-20(26)31-22(32-21)28-14-6-10(43(36,37)38)4-9-5-16(44(39,40)41)18(19(35)17(9)14)33-34-23-29-13-7-11(24)12(25)8-15(13)42-23/h4-8,35H,2-3H2,1H3,(H,36,37,38)(H,39,40,41)(H2,27,28,30,31,32). The van der Waals surface area contributed by atoms with Gasteiger partial charge in [-0.05, 0) is 53.7 Å². The molecular formula is C23H17Cl3N8O7S3. The molecule has 0 unspecified atom stereocenters. The highest BCUT2D eigenvalue weighted by atomic mass is 35.5. The van der Waals surface area contributed by atoms with E-state index in [-0.39, 0.29) is 48.8 Å². The summed E-state index contributed by atoms with van der Waals surface area (Å²) in [5.41, 5.74) is -0.514. The van der Waals surface area contributed by atoms with Gasteiger partial charge in [0.15, 0.2) is 5.75 Å². The lowest BCUT2D eigenvalue weighted by atomic mass is 10.1. The molecule has 0 bridgehead atoms. The second-order valence-corrected chi connectivity index (χ2v) is 13.8. The number of thiazole rings is 1. The van der Waals surface area contributed by atoms with Crippen LogP contribution in [0.5, 0.6) is 5.75 Å². The van der Waals surface area contributed by atoms with Crippen molar-refractivity contribution < 1.29 is 31.0 Å². The SMILES string of the molecule is CCCNc1nc(Cl)nc(Nc2cc(S(=O)(=O)O)cc3cc(S(=O)(=O)O)c(N=Nc4nc5cc(Cl)c(Cl)cc5s4)c(O)c23)n1. The van der Waals surface area contributed by atoms with Gasteiger partial charge in [-0.2, -0.15) is 31.8 Å². The third-order valence-corrected chi connectivity index (χ3v) is 9.23. The van der Waals surface area contributed by atoms with Crippen molar-refractivity contribution in [3.8, 4) is 5.75 Å². The number of aromatic hydroxyl groups is 1. The predicted molar refractivity (Wildman–Crippen MR) is 166 cm³/mol. The summed E-state index contributed by atoms with van der Waals surface area (Å²) in [7, 11) is -9.95. The smallest absolute Gasteiger partial charge is 0.296 e. The number of aromatic nitrogens is 4. The van der Waals surface area contributed by atoms with E-state index in [2.05, 4.69) is 40.8 Å². The second-order valence-electron chi connectivity index (χ2n) is 8.82. The fourth-order valence-corrected chi connectivity index (χ4v) is 6.44. The average Bonchev–Trinajstić information content (AvgIpc) is 3.31. The normalized spacial score (nSPS) is 12.4. The summed E-state index contributed by atoms with van der Waals surface area (Å²) in [5.74, 6) is -0.971. The zero-order chi connectivity index (χ0) is 32.0. The number of phenols is 1. The Kier molecular flexibility index (Phi) is 8.80. The number of benzene rings is 3. The molecule has 0 aliphatic carbocycles. The molecule has 0 atom stereocenters. The van der Waals surface area contributed by atoms with Crippen molar-refractivity contribution in [2.45, 2.75) is 23.1 Å². The van der Waals surface area contributed by atoms with E-state index in [1.807, 2.05) is 6.92 Å². The van der Waals surface area contributed by atoms with Crippen LogP contribution in [0.25, 0.3) is 21.0 Å². The monoisotopic (exact) mass is 718 g/mol. The number of hydrogen-bond donors (Lipinski definition) is 5. The second kappa shape index (κ2) is 12.1. The number of azo groups is 1. The number of nitrogens with one attached hydrogen (secondary N) is 2. The Morgan fingerprint density at radius 3 is 2.27 bits per heavy atom. The molecule has 0 aliphatic rings. The maximum Gasteiger partial charge on any atom is 0.296 e. The molecule has 2 aromatic heterocycles. The van der Waals surface area contributed by atoms with Gasteiger partial charge in [0.25, 0.3) is 20.2 Å². The molecule has 5 rings (SSSR count). The number of nitrogens with zero attached hydrogens (tertiary/aromatic N) is 6. The van der Waals surface area contributed by atoms with Crippen molar-refractivity contribution >= 4 is 116 Å². The van der Waals surface area contributed by atoms with Crippen LogP contribution >= 0.6 is 46.1 Å². The first kappa shape index (κ1) is 31.9. The Morgan fingerprint density at radius 2 is 1.59 bits per heavy atom. The van der Waals surface area contributed by atoms with E-state index < -0.39 is 41.5 Å². The van der Waals surface area contributed by atoms with Gasteiger partial charge < -0.3 is 15.7 Å². The highest BCUT2D eigenvalue weighted by molar-refractivity contribution is 7.86. The lowest BCUT2D eigenvalue weighted by Gasteiger charge is -2.15. The van der Waals surface area contributed by atoms with Crippen LogP contribution in [0.4, 0.5) is 28.4 Å². The fraction of sp³-hybridized carbons (Fsp3) is 0.130. The molecular weight excluding hydrogens is 703 g/mol. The number of hydrogen-bond acceptors (Lipinski definition) is 14. The van der Waals surface area contributed by atoms with E-state index >= 15 is 0 Å². The summed E-state index contributed by atoms with van der Waals surface area (Å²) in [4.78, 5) is 14.7. The van der Waals surface area contributed by atoms with Crippen LogP contribution < -0.4 is 10.6 Å². The van der Waals surface area contributed by atoms with Crippen LogP contribution in [-0.4, -0.2) is 57.5 Å². The zero-order valence-electron chi connectivity index (χ0n) is 21.8. The van der Waals surface area contributed by atoms with Crippen LogP contribution in [0, 0.1) is 0 Å². The van der Waals surface area contributed by atoms with Gasteiger partial charge in [-0.15, -0.1) is 10.2 Å². The summed E-state index contributed by atoms with van der Waals surface area (Å²) in [5, 5.41) is 24.6. The number of fused-ring (bicyclic) bond motifs is 2. The third kappa shape index (κ3) is 6.76. The first-order chi connectivity index (χ1) is 20.6. The predicted octanol–water partition coefficient (Wildman–Crippen LogP) is 6.77. The number of phenolic OH excluding ortho intramolecular Hbond substituents is 1. The molecule has 44 heavy (non-hydrogen) atoms. The van der Waals surface area contributed by atoms with Crippen molar-refractivity contribution in [2.24, 2.45) is 10.2 Å². The Hall–Kier alpha value is -3.49. The highest BCUT2D eigenvalue weighted by Gasteiger charge is 2.26. The van der Waals surface area contributed by atoms with Crippen LogP contribution in [0.2, 0.25) is 15.3 Å². The molecule has 0 fully saturated rings. The van der Waals surface area contributed by atoms with Crippen LogP contribution in [0.15, 0.2) is 50.4 Å². The van der Waals surface area contributed by atoms with Crippen LogP contribution in [0.1, 0.15) is 13.3 Å². The summed E-state index contributed by atoms with van der Waals surface area (Å²) in [6, 6.07) is 5.69. The van der Waals surface area contributed by atoms with Crippen molar-refractivity contribution in [1.29, 1.82) is 0 Å². The van der Waals surface area contributed by atoms with E-state index in [0.29, 0.717) is 16.8 Å². The largest absolute Gasteiger partial charge is 0.505 e. The third-order valence-electron chi connectivity index (χ3n) is 5.74. The molecule has 0 aliphatic heterocycles. The minimum atomic E-state index is -5.08. The van der Waals surface area contributed by atoms with Crippen molar-refractivity contribution in [1.82, 2.24) is 19.9 Å². The van der Waals surface area contributed by atoms with Crippen molar-refractivity contribution in [2.75, 3.05) is 17.2 Å². The minimum Gasteiger partial charge on any atom is -0.505 e. The molecule has 15 nitrogen and oxygen atoms in total. The zero-order valence-corrected chi connectivity index (χ0v) is 26.5. The van der Waals surface area contributed by atoms with Gasteiger partial charge in [0, 0.05) is 11.9 Å². The van der Waals surface area contributed by atoms with Gasteiger partial charge >= 0.3 is 0 Å². The number of halogens is 3.